The predicted molar refractivity (Wildman–Crippen MR) is 46.8 cm³/mol. The van der Waals surface area contributed by atoms with E-state index in [0.29, 0.717) is 0 Å². The molecule has 0 spiro atoms. The molecule has 1 amide bonds. The summed E-state index contributed by atoms with van der Waals surface area (Å²) in [5.41, 5.74) is 0.872. The van der Waals surface area contributed by atoms with Crippen molar-refractivity contribution < 1.29 is 13.6 Å². The van der Waals surface area contributed by atoms with Crippen LogP contribution in [0.15, 0.2) is 30.3 Å². The highest BCUT2D eigenvalue weighted by Crippen LogP contribution is 2.29. The number of hydrogen-bond acceptors (Lipinski definition) is 1. The van der Waals surface area contributed by atoms with Crippen molar-refractivity contribution in [3.8, 4) is 0 Å². The van der Waals surface area contributed by atoms with Crippen molar-refractivity contribution in [3.05, 3.63) is 35.9 Å². The quantitative estimate of drug-likeness (QED) is 0.660. The minimum Gasteiger partial charge on any atom is -0.326 e. The Labute approximate surface area is 80.1 Å². The number of amides is 1. The number of alkyl halides is 2. The Morgan fingerprint density at radius 2 is 1.93 bits per heavy atom. The van der Waals surface area contributed by atoms with Crippen LogP contribution in [0.2, 0.25) is 0 Å². The lowest BCUT2D eigenvalue weighted by molar-refractivity contribution is -0.186. The van der Waals surface area contributed by atoms with E-state index in [1.54, 1.807) is 0 Å². The average Bonchev–Trinajstić information content (AvgIpc) is 2.18. The molecule has 0 atom stereocenters. The average molecular weight is 197 g/mol. The zero-order chi connectivity index (χ0) is 10.2. The van der Waals surface area contributed by atoms with Gasteiger partial charge in [0.05, 0.1) is 6.54 Å². The van der Waals surface area contributed by atoms with Gasteiger partial charge in [0.1, 0.15) is 0 Å². The van der Waals surface area contributed by atoms with Gasteiger partial charge in [-0.3, -0.25) is 4.79 Å². The lowest BCUT2D eigenvalue weighted by Crippen LogP contribution is -2.60. The van der Waals surface area contributed by atoms with Crippen molar-refractivity contribution in [2.24, 2.45) is 0 Å². The summed E-state index contributed by atoms with van der Waals surface area (Å²) >= 11 is 0. The highest BCUT2D eigenvalue weighted by Gasteiger charge is 2.53. The molecule has 4 heteroatoms. The second-order valence-corrected chi connectivity index (χ2v) is 3.35. The molecule has 14 heavy (non-hydrogen) atoms. The molecular formula is C10H9F2NO. The molecule has 2 rings (SSSR count). The van der Waals surface area contributed by atoms with Gasteiger partial charge in [-0.05, 0) is 5.56 Å². The molecule has 1 saturated heterocycles. The molecule has 1 fully saturated rings. The van der Waals surface area contributed by atoms with E-state index in [1.165, 1.54) is 0 Å². The molecule has 1 heterocycles. The van der Waals surface area contributed by atoms with Gasteiger partial charge in [-0.25, -0.2) is 0 Å². The molecule has 1 aromatic carbocycles. The lowest BCUT2D eigenvalue weighted by Gasteiger charge is -2.37. The predicted octanol–water partition coefficient (Wildman–Crippen LogP) is 1.66. The van der Waals surface area contributed by atoms with Crippen LogP contribution in [0.4, 0.5) is 8.78 Å². The van der Waals surface area contributed by atoms with Gasteiger partial charge in [-0.2, -0.15) is 8.78 Å². The Morgan fingerprint density at radius 3 is 2.43 bits per heavy atom. The van der Waals surface area contributed by atoms with Gasteiger partial charge in [-0.15, -0.1) is 0 Å². The third-order valence-electron chi connectivity index (χ3n) is 2.21. The standard InChI is InChI=1S/C10H9F2NO/c11-10(12)7-13(9(10)14)6-8-4-2-1-3-5-8/h1-5H,6-7H2. The topological polar surface area (TPSA) is 20.3 Å². The summed E-state index contributed by atoms with van der Waals surface area (Å²) in [5.74, 6) is -4.20. The minimum atomic E-state index is -3.13. The summed E-state index contributed by atoms with van der Waals surface area (Å²) in [5, 5.41) is 0. The fourth-order valence-electron chi connectivity index (χ4n) is 1.45. The number of β-lactam (4-membered cyclic amide) rings is 1. The van der Waals surface area contributed by atoms with Gasteiger partial charge in [0.2, 0.25) is 0 Å². The fraction of sp³-hybridized carbons (Fsp3) is 0.300. The van der Waals surface area contributed by atoms with Crippen molar-refractivity contribution >= 4 is 5.91 Å². The second-order valence-electron chi connectivity index (χ2n) is 3.35. The second kappa shape index (κ2) is 3.04. The van der Waals surface area contributed by atoms with E-state index in [9.17, 15) is 13.6 Å². The number of likely N-dealkylation sites (tertiary alicyclic amines) is 1. The molecule has 1 aliphatic heterocycles. The summed E-state index contributed by atoms with van der Waals surface area (Å²) in [4.78, 5) is 12.0. The molecule has 0 saturated carbocycles. The Balaban J connectivity index is 1.99. The van der Waals surface area contributed by atoms with Crippen LogP contribution < -0.4 is 0 Å². The summed E-state index contributed by atoms with van der Waals surface area (Å²) in [7, 11) is 0. The molecule has 1 aromatic rings. The zero-order valence-corrected chi connectivity index (χ0v) is 7.41. The van der Waals surface area contributed by atoms with Crippen LogP contribution in [0.25, 0.3) is 0 Å². The van der Waals surface area contributed by atoms with Crippen molar-refractivity contribution in [1.29, 1.82) is 0 Å². The molecule has 2 nitrogen and oxygen atoms in total. The first-order valence-electron chi connectivity index (χ1n) is 4.31. The van der Waals surface area contributed by atoms with Gasteiger partial charge >= 0.3 is 5.92 Å². The maximum Gasteiger partial charge on any atom is 0.341 e. The minimum absolute atomic E-state index is 0.273. The van der Waals surface area contributed by atoms with Gasteiger partial charge in [0, 0.05) is 6.54 Å². The highest BCUT2D eigenvalue weighted by molar-refractivity contribution is 5.89. The summed E-state index contributed by atoms with van der Waals surface area (Å²) in [6.07, 6.45) is 0. The maximum absolute atomic E-state index is 12.5. The Kier molecular flexibility index (Phi) is 1.98. The van der Waals surface area contributed by atoms with Crippen molar-refractivity contribution in [1.82, 2.24) is 4.90 Å². The van der Waals surface area contributed by atoms with E-state index >= 15 is 0 Å². The Hall–Kier alpha value is -1.45. The largest absolute Gasteiger partial charge is 0.341 e. The van der Waals surface area contributed by atoms with E-state index in [1.807, 2.05) is 30.3 Å². The molecule has 0 radical (unpaired) electrons. The first kappa shape index (κ1) is 9.12. The maximum atomic E-state index is 12.5. The molecular weight excluding hydrogens is 188 g/mol. The number of carbonyl (C=O) groups excluding carboxylic acids is 1. The molecule has 0 aromatic heterocycles. The Morgan fingerprint density at radius 1 is 1.29 bits per heavy atom. The third kappa shape index (κ3) is 1.47. The molecule has 0 N–H and O–H groups in total. The van der Waals surface area contributed by atoms with E-state index in [-0.39, 0.29) is 6.54 Å². The molecule has 0 bridgehead atoms. The van der Waals surface area contributed by atoms with Crippen LogP contribution in [0, 0.1) is 0 Å². The number of benzene rings is 1. The molecule has 1 aliphatic rings. The summed E-state index contributed by atoms with van der Waals surface area (Å²) in [6, 6.07) is 9.10. The van der Waals surface area contributed by atoms with E-state index in [4.69, 9.17) is 0 Å². The molecule has 74 valence electrons. The first-order valence-corrected chi connectivity index (χ1v) is 4.31. The normalized spacial score (nSPS) is 19.3. The monoisotopic (exact) mass is 197 g/mol. The van der Waals surface area contributed by atoms with E-state index < -0.39 is 18.4 Å². The van der Waals surface area contributed by atoms with Gasteiger partial charge < -0.3 is 4.90 Å². The van der Waals surface area contributed by atoms with Crippen LogP contribution in [0.3, 0.4) is 0 Å². The van der Waals surface area contributed by atoms with E-state index in [0.717, 1.165) is 10.5 Å². The smallest absolute Gasteiger partial charge is 0.326 e. The van der Waals surface area contributed by atoms with Crippen LogP contribution >= 0.6 is 0 Å². The van der Waals surface area contributed by atoms with Crippen LogP contribution in [-0.4, -0.2) is 23.3 Å². The van der Waals surface area contributed by atoms with Gasteiger partial charge in [0.15, 0.2) is 0 Å². The highest BCUT2D eigenvalue weighted by atomic mass is 19.3. The van der Waals surface area contributed by atoms with Crippen molar-refractivity contribution in [2.75, 3.05) is 6.54 Å². The summed E-state index contributed by atoms with van der Waals surface area (Å²) < 4.78 is 25.0. The third-order valence-corrected chi connectivity index (χ3v) is 2.21. The van der Waals surface area contributed by atoms with Crippen LogP contribution in [0.1, 0.15) is 5.56 Å². The van der Waals surface area contributed by atoms with Crippen molar-refractivity contribution in [3.63, 3.8) is 0 Å². The van der Waals surface area contributed by atoms with Gasteiger partial charge in [0.25, 0.3) is 5.91 Å². The SMILES string of the molecule is O=C1N(Cc2ccccc2)CC1(F)F. The first-order chi connectivity index (χ1) is 6.59. The van der Waals surface area contributed by atoms with Crippen LogP contribution in [-0.2, 0) is 11.3 Å². The van der Waals surface area contributed by atoms with Crippen molar-refractivity contribution in [2.45, 2.75) is 12.5 Å². The van der Waals surface area contributed by atoms with Gasteiger partial charge in [-0.1, -0.05) is 30.3 Å². The fourth-order valence-corrected chi connectivity index (χ4v) is 1.45. The van der Waals surface area contributed by atoms with Crippen LogP contribution in [0.5, 0.6) is 0 Å². The van der Waals surface area contributed by atoms with E-state index in [2.05, 4.69) is 0 Å². The number of carbonyl (C=O) groups is 1. The zero-order valence-electron chi connectivity index (χ0n) is 7.41. The lowest BCUT2D eigenvalue weighted by atomic mass is 10.1. The number of nitrogens with zero attached hydrogens (tertiary/aromatic N) is 1. The number of hydrogen-bond donors (Lipinski definition) is 0. The number of rotatable bonds is 2. The molecule has 0 unspecified atom stereocenters. The number of halogens is 2. The summed E-state index contributed by atoms with van der Waals surface area (Å²) in [6.45, 7) is -0.185. The Bertz CT molecular complexity index is 350. The molecule has 0 aliphatic carbocycles.